The summed E-state index contributed by atoms with van der Waals surface area (Å²) in [6.45, 7) is 2.86. The van der Waals surface area contributed by atoms with Crippen molar-refractivity contribution in [1.82, 2.24) is 10.3 Å². The molecule has 1 atom stereocenters. The van der Waals surface area contributed by atoms with Crippen LogP contribution in [-0.4, -0.2) is 50.3 Å². The van der Waals surface area contributed by atoms with Crippen LogP contribution in [0.3, 0.4) is 0 Å². The summed E-state index contributed by atoms with van der Waals surface area (Å²) >= 11 is 0. The van der Waals surface area contributed by atoms with Crippen molar-refractivity contribution < 1.29 is 9.53 Å². The molecule has 0 bridgehead atoms. The lowest BCUT2D eigenvalue weighted by Gasteiger charge is -2.18. The van der Waals surface area contributed by atoms with Gasteiger partial charge in [-0.15, -0.1) is 0 Å². The summed E-state index contributed by atoms with van der Waals surface area (Å²) in [6, 6.07) is 14.4. The van der Waals surface area contributed by atoms with E-state index >= 15 is 0 Å². The number of hydrogen-bond donors (Lipinski definition) is 2. The number of hydrogen-bond acceptors (Lipinski definition) is 5. The summed E-state index contributed by atoms with van der Waals surface area (Å²) in [7, 11) is 1.61. The first-order valence-corrected chi connectivity index (χ1v) is 8.56. The number of rotatable bonds is 7. The highest BCUT2D eigenvalue weighted by molar-refractivity contribution is 5.94. The maximum absolute atomic E-state index is 12.0. The Morgan fingerprint density at radius 1 is 1.28 bits per heavy atom. The van der Waals surface area contributed by atoms with E-state index in [0.29, 0.717) is 24.8 Å². The van der Waals surface area contributed by atoms with E-state index in [0.717, 1.165) is 31.0 Å². The van der Waals surface area contributed by atoms with Gasteiger partial charge in [0.15, 0.2) is 0 Å². The summed E-state index contributed by atoms with van der Waals surface area (Å²) in [5.74, 6) is 0.784. The number of para-hydroxylation sites is 1. The lowest BCUT2D eigenvalue weighted by Crippen LogP contribution is -2.28. The van der Waals surface area contributed by atoms with Crippen LogP contribution in [0.5, 0.6) is 0 Å². The van der Waals surface area contributed by atoms with Gasteiger partial charge in [0.1, 0.15) is 5.82 Å². The van der Waals surface area contributed by atoms with Crippen molar-refractivity contribution >= 4 is 17.4 Å². The van der Waals surface area contributed by atoms with Gasteiger partial charge in [0, 0.05) is 44.7 Å². The van der Waals surface area contributed by atoms with Gasteiger partial charge in [0.25, 0.3) is 5.91 Å². The number of nitrogens with one attached hydrogen (secondary N) is 2. The van der Waals surface area contributed by atoms with E-state index in [1.54, 1.807) is 13.3 Å². The number of anilines is 2. The fourth-order valence-corrected chi connectivity index (χ4v) is 2.93. The molecule has 25 heavy (non-hydrogen) atoms. The average molecular weight is 340 g/mol. The van der Waals surface area contributed by atoms with Gasteiger partial charge in [-0.3, -0.25) is 4.79 Å². The molecule has 1 saturated heterocycles. The predicted octanol–water partition coefficient (Wildman–Crippen LogP) is 2.15. The van der Waals surface area contributed by atoms with E-state index in [1.165, 1.54) is 0 Å². The fraction of sp³-hybridized carbons (Fsp3) is 0.368. The summed E-state index contributed by atoms with van der Waals surface area (Å²) in [6.07, 6.45) is 2.70. The second kappa shape index (κ2) is 8.48. The van der Waals surface area contributed by atoms with E-state index in [-0.39, 0.29) is 5.91 Å². The molecule has 1 aliphatic rings. The van der Waals surface area contributed by atoms with Crippen LogP contribution < -0.4 is 15.5 Å². The Kier molecular flexibility index (Phi) is 5.85. The molecule has 0 aliphatic carbocycles. The zero-order valence-electron chi connectivity index (χ0n) is 14.4. The fourth-order valence-electron chi connectivity index (χ4n) is 2.93. The topological polar surface area (TPSA) is 66.5 Å². The molecule has 1 fully saturated rings. The molecule has 1 amide bonds. The molecule has 1 aromatic heterocycles. The Morgan fingerprint density at radius 2 is 2.12 bits per heavy atom. The molecule has 0 saturated carbocycles. The third-order valence-corrected chi connectivity index (χ3v) is 4.26. The van der Waals surface area contributed by atoms with Crippen LogP contribution in [0.1, 0.15) is 16.8 Å². The Balaban J connectivity index is 1.53. The minimum Gasteiger partial charge on any atom is -0.383 e. The molecule has 3 rings (SSSR count). The number of carbonyl (C=O) groups excluding carboxylic acids is 1. The Hall–Kier alpha value is -2.60. The largest absolute Gasteiger partial charge is 0.383 e. The summed E-state index contributed by atoms with van der Waals surface area (Å²) in [4.78, 5) is 18.7. The summed E-state index contributed by atoms with van der Waals surface area (Å²) in [5.41, 5.74) is 1.71. The van der Waals surface area contributed by atoms with Gasteiger partial charge >= 0.3 is 0 Å². The van der Waals surface area contributed by atoms with E-state index < -0.39 is 0 Å². The van der Waals surface area contributed by atoms with Crippen molar-refractivity contribution in [3.8, 4) is 0 Å². The maximum Gasteiger partial charge on any atom is 0.252 e. The molecule has 1 aliphatic heterocycles. The number of ether oxygens (including phenoxy) is 1. The van der Waals surface area contributed by atoms with Crippen LogP contribution in [0.4, 0.5) is 11.5 Å². The van der Waals surface area contributed by atoms with Crippen molar-refractivity contribution in [2.75, 3.05) is 43.6 Å². The highest BCUT2D eigenvalue weighted by Gasteiger charge is 2.23. The van der Waals surface area contributed by atoms with Crippen LogP contribution in [0, 0.1) is 0 Å². The molecular weight excluding hydrogens is 316 g/mol. The molecule has 6 nitrogen and oxygen atoms in total. The van der Waals surface area contributed by atoms with Crippen molar-refractivity contribution in [2.45, 2.75) is 12.5 Å². The Bertz CT molecular complexity index is 676. The molecule has 1 aromatic carbocycles. The number of pyridine rings is 1. The lowest BCUT2D eigenvalue weighted by atomic mass is 10.2. The normalized spacial score (nSPS) is 16.7. The Morgan fingerprint density at radius 3 is 2.84 bits per heavy atom. The number of aromatic nitrogens is 1. The smallest absolute Gasteiger partial charge is 0.252 e. The molecule has 0 radical (unpaired) electrons. The van der Waals surface area contributed by atoms with Crippen molar-refractivity contribution in [1.29, 1.82) is 0 Å². The first-order valence-electron chi connectivity index (χ1n) is 8.56. The van der Waals surface area contributed by atoms with Crippen LogP contribution in [-0.2, 0) is 4.74 Å². The molecule has 2 heterocycles. The van der Waals surface area contributed by atoms with Gasteiger partial charge in [-0.2, -0.15) is 0 Å². The zero-order chi connectivity index (χ0) is 17.5. The van der Waals surface area contributed by atoms with Gasteiger partial charge in [-0.25, -0.2) is 4.98 Å². The Labute approximate surface area is 148 Å². The number of methoxy groups -OCH3 is 1. The van der Waals surface area contributed by atoms with E-state index in [4.69, 9.17) is 4.74 Å². The van der Waals surface area contributed by atoms with Crippen LogP contribution >= 0.6 is 0 Å². The number of carbonyl (C=O) groups is 1. The maximum atomic E-state index is 12.0. The molecule has 2 aromatic rings. The zero-order valence-corrected chi connectivity index (χ0v) is 14.4. The number of benzene rings is 1. The molecule has 0 unspecified atom stereocenters. The van der Waals surface area contributed by atoms with Crippen molar-refractivity contribution in [2.24, 2.45) is 0 Å². The minimum atomic E-state index is -0.124. The number of nitrogens with zero attached hydrogens (tertiary/aromatic N) is 2. The predicted molar refractivity (Wildman–Crippen MR) is 99.1 cm³/mol. The quantitative estimate of drug-likeness (QED) is 0.756. The van der Waals surface area contributed by atoms with Gasteiger partial charge in [-0.1, -0.05) is 18.2 Å². The number of amides is 1. The van der Waals surface area contributed by atoms with Crippen molar-refractivity contribution in [3.63, 3.8) is 0 Å². The summed E-state index contributed by atoms with van der Waals surface area (Å²) < 4.78 is 4.92. The van der Waals surface area contributed by atoms with E-state index in [2.05, 4.69) is 32.7 Å². The first-order chi connectivity index (χ1) is 12.3. The van der Waals surface area contributed by atoms with Gasteiger partial charge in [-0.05, 0) is 30.7 Å². The molecular formula is C19H24N4O2. The molecule has 2 N–H and O–H groups in total. The highest BCUT2D eigenvalue weighted by atomic mass is 16.5. The average Bonchev–Trinajstić information content (AvgIpc) is 3.11. The second-order valence-electron chi connectivity index (χ2n) is 6.10. The van der Waals surface area contributed by atoms with Crippen LogP contribution in [0.15, 0.2) is 48.7 Å². The van der Waals surface area contributed by atoms with Crippen LogP contribution in [0.25, 0.3) is 0 Å². The monoisotopic (exact) mass is 340 g/mol. The third-order valence-electron chi connectivity index (χ3n) is 4.26. The third kappa shape index (κ3) is 4.70. The van der Waals surface area contributed by atoms with Gasteiger partial charge < -0.3 is 20.3 Å². The minimum absolute atomic E-state index is 0.124. The molecule has 6 heteroatoms. The first kappa shape index (κ1) is 17.2. The van der Waals surface area contributed by atoms with E-state index in [9.17, 15) is 4.79 Å². The van der Waals surface area contributed by atoms with Crippen LogP contribution in [0.2, 0.25) is 0 Å². The van der Waals surface area contributed by atoms with Crippen molar-refractivity contribution in [3.05, 3.63) is 54.2 Å². The SMILES string of the molecule is COCCNC(=O)c1ccc(N2CC[C@H](Nc3ccccc3)C2)nc1. The highest BCUT2D eigenvalue weighted by Crippen LogP contribution is 2.21. The summed E-state index contributed by atoms with van der Waals surface area (Å²) in [5, 5.41) is 6.35. The molecule has 0 spiro atoms. The van der Waals surface area contributed by atoms with Gasteiger partial charge in [0.2, 0.25) is 0 Å². The van der Waals surface area contributed by atoms with Gasteiger partial charge in [0.05, 0.1) is 12.2 Å². The van der Waals surface area contributed by atoms with E-state index in [1.807, 2.05) is 30.3 Å². The molecule has 132 valence electrons. The lowest BCUT2D eigenvalue weighted by molar-refractivity contribution is 0.0937. The second-order valence-corrected chi connectivity index (χ2v) is 6.10. The standard InChI is InChI=1S/C19H24N4O2/c1-25-12-10-20-19(24)15-7-8-18(21-13-15)23-11-9-17(14-23)22-16-5-3-2-4-6-16/h2-8,13,17,22H,9-12,14H2,1H3,(H,20,24)/t17-/m0/s1.